The van der Waals surface area contributed by atoms with E-state index < -0.39 is 17.6 Å². The number of aromatic nitrogens is 2. The molecule has 1 aliphatic carbocycles. The number of hydrogen-bond acceptors (Lipinski definition) is 5. The van der Waals surface area contributed by atoms with Crippen LogP contribution in [-0.2, 0) is 11.0 Å². The van der Waals surface area contributed by atoms with Crippen molar-refractivity contribution < 1.29 is 27.5 Å². The molecule has 11 heteroatoms. The minimum Gasteiger partial charge on any atom is -0.475 e. The number of pyridine rings is 2. The van der Waals surface area contributed by atoms with Gasteiger partial charge in [0.25, 0.3) is 5.91 Å². The van der Waals surface area contributed by atoms with E-state index in [1.54, 1.807) is 13.0 Å². The predicted octanol–water partition coefficient (Wildman–Crippen LogP) is 3.61. The second-order valence-electron chi connectivity index (χ2n) is 6.76. The summed E-state index contributed by atoms with van der Waals surface area (Å²) < 4.78 is 43.1. The molecule has 2 N–H and O–H groups in total. The molecule has 1 saturated carbocycles. The van der Waals surface area contributed by atoms with Gasteiger partial charge in [-0.2, -0.15) is 13.2 Å². The van der Waals surface area contributed by atoms with Crippen LogP contribution in [0.3, 0.4) is 0 Å². The van der Waals surface area contributed by atoms with E-state index in [-0.39, 0.29) is 35.9 Å². The highest BCUT2D eigenvalue weighted by Gasteiger charge is 2.32. The lowest BCUT2D eigenvalue weighted by Crippen LogP contribution is -2.28. The van der Waals surface area contributed by atoms with Crippen LogP contribution in [0.25, 0.3) is 0 Å². The standard InChI is InChI=1S/C19H18ClF3N4O3/c1-10-6-12(7-15(26-10)27-17(29)11-2-3-11)16(28)24-4-5-30-18-14(20)8-13(9-25-18)19(21,22)23/h6-9,11H,2-5H2,1H3,(H,24,28)(H,26,27,29). The molecule has 0 spiro atoms. The molecule has 30 heavy (non-hydrogen) atoms. The molecule has 7 nitrogen and oxygen atoms in total. The molecule has 0 unspecified atom stereocenters. The third-order valence-electron chi connectivity index (χ3n) is 4.18. The number of rotatable bonds is 7. The van der Waals surface area contributed by atoms with Gasteiger partial charge in [-0.05, 0) is 38.0 Å². The molecule has 3 rings (SSSR count). The quantitative estimate of drug-likeness (QED) is 0.639. The zero-order valence-electron chi connectivity index (χ0n) is 15.8. The van der Waals surface area contributed by atoms with Gasteiger partial charge in [0, 0.05) is 23.4 Å². The van der Waals surface area contributed by atoms with E-state index in [9.17, 15) is 22.8 Å². The van der Waals surface area contributed by atoms with E-state index in [0.717, 1.165) is 18.9 Å². The van der Waals surface area contributed by atoms with Crippen molar-refractivity contribution in [1.82, 2.24) is 15.3 Å². The second-order valence-corrected chi connectivity index (χ2v) is 7.17. The van der Waals surface area contributed by atoms with E-state index >= 15 is 0 Å². The van der Waals surface area contributed by atoms with E-state index in [2.05, 4.69) is 20.6 Å². The molecule has 2 amide bonds. The van der Waals surface area contributed by atoms with Crippen molar-refractivity contribution in [1.29, 1.82) is 0 Å². The Morgan fingerprint density at radius 1 is 1.27 bits per heavy atom. The summed E-state index contributed by atoms with van der Waals surface area (Å²) >= 11 is 5.76. The molecule has 2 aromatic heterocycles. The van der Waals surface area contributed by atoms with Gasteiger partial charge in [-0.25, -0.2) is 9.97 Å². The fourth-order valence-electron chi connectivity index (χ4n) is 2.54. The zero-order chi connectivity index (χ0) is 21.9. The van der Waals surface area contributed by atoms with E-state index in [0.29, 0.717) is 23.3 Å². The zero-order valence-corrected chi connectivity index (χ0v) is 16.6. The minimum atomic E-state index is -4.55. The van der Waals surface area contributed by atoms with Crippen LogP contribution in [0.2, 0.25) is 5.02 Å². The van der Waals surface area contributed by atoms with Gasteiger partial charge in [0.1, 0.15) is 17.4 Å². The third-order valence-corrected chi connectivity index (χ3v) is 4.45. The van der Waals surface area contributed by atoms with Gasteiger partial charge in [-0.1, -0.05) is 11.6 Å². The predicted molar refractivity (Wildman–Crippen MR) is 102 cm³/mol. The van der Waals surface area contributed by atoms with Gasteiger partial charge in [0.05, 0.1) is 12.1 Å². The van der Waals surface area contributed by atoms with Crippen LogP contribution >= 0.6 is 11.6 Å². The van der Waals surface area contributed by atoms with E-state index in [1.165, 1.54) is 6.07 Å². The van der Waals surface area contributed by atoms with Gasteiger partial charge >= 0.3 is 6.18 Å². The lowest BCUT2D eigenvalue weighted by atomic mass is 10.2. The Hall–Kier alpha value is -2.88. The minimum absolute atomic E-state index is 0.00682. The maximum absolute atomic E-state index is 12.6. The van der Waals surface area contributed by atoms with Crippen molar-refractivity contribution >= 4 is 29.2 Å². The lowest BCUT2D eigenvalue weighted by Gasteiger charge is -2.11. The normalized spacial score (nSPS) is 13.6. The monoisotopic (exact) mass is 442 g/mol. The number of halogens is 4. The molecule has 0 aromatic carbocycles. The Kier molecular flexibility index (Phi) is 6.45. The van der Waals surface area contributed by atoms with Crippen LogP contribution in [0.4, 0.5) is 19.0 Å². The molecule has 0 atom stereocenters. The van der Waals surface area contributed by atoms with E-state index in [1.807, 2.05) is 0 Å². The number of nitrogens with zero attached hydrogens (tertiary/aromatic N) is 2. The van der Waals surface area contributed by atoms with Crippen molar-refractivity contribution in [3.8, 4) is 5.88 Å². The number of carbonyl (C=O) groups excluding carboxylic acids is 2. The third kappa shape index (κ3) is 5.82. The molecular formula is C19H18ClF3N4O3. The Morgan fingerprint density at radius 3 is 2.63 bits per heavy atom. The van der Waals surface area contributed by atoms with Crippen LogP contribution in [0.1, 0.15) is 34.5 Å². The molecule has 0 aliphatic heterocycles. The highest BCUT2D eigenvalue weighted by Crippen LogP contribution is 2.33. The summed E-state index contributed by atoms with van der Waals surface area (Å²) in [6.45, 7) is 1.70. The summed E-state index contributed by atoms with van der Waals surface area (Å²) in [6, 6.07) is 3.76. The molecule has 0 radical (unpaired) electrons. The SMILES string of the molecule is Cc1cc(C(=O)NCCOc2ncc(C(F)(F)F)cc2Cl)cc(NC(=O)C2CC2)n1. The lowest BCUT2D eigenvalue weighted by molar-refractivity contribution is -0.137. The Labute approximate surface area is 175 Å². The van der Waals surface area contributed by atoms with Crippen LogP contribution in [0.5, 0.6) is 5.88 Å². The Balaban J connectivity index is 1.52. The highest BCUT2D eigenvalue weighted by atomic mass is 35.5. The second kappa shape index (κ2) is 8.86. The van der Waals surface area contributed by atoms with E-state index in [4.69, 9.17) is 16.3 Å². The number of carbonyl (C=O) groups is 2. The summed E-state index contributed by atoms with van der Waals surface area (Å²) in [5, 5.41) is 5.02. The number of amides is 2. The number of alkyl halides is 3. The topological polar surface area (TPSA) is 93.2 Å². The van der Waals surface area contributed by atoms with Crippen LogP contribution < -0.4 is 15.4 Å². The first-order chi connectivity index (χ1) is 14.1. The number of nitrogens with one attached hydrogen (secondary N) is 2. The van der Waals surface area contributed by atoms with Crippen LogP contribution in [0.15, 0.2) is 24.4 Å². The fourth-order valence-corrected chi connectivity index (χ4v) is 2.76. The molecule has 160 valence electrons. The molecule has 0 bridgehead atoms. The number of ether oxygens (including phenoxy) is 1. The van der Waals surface area contributed by atoms with Gasteiger partial charge in [-0.3, -0.25) is 9.59 Å². The van der Waals surface area contributed by atoms with Gasteiger partial charge < -0.3 is 15.4 Å². The average Bonchev–Trinajstić information content (AvgIpc) is 3.50. The molecule has 1 fully saturated rings. The maximum Gasteiger partial charge on any atom is 0.417 e. The number of anilines is 1. The molecule has 0 saturated heterocycles. The number of hydrogen-bond donors (Lipinski definition) is 2. The average molecular weight is 443 g/mol. The smallest absolute Gasteiger partial charge is 0.417 e. The number of aryl methyl sites for hydroxylation is 1. The van der Waals surface area contributed by atoms with Crippen molar-refractivity contribution in [2.75, 3.05) is 18.5 Å². The Bertz CT molecular complexity index is 965. The van der Waals surface area contributed by atoms with Crippen molar-refractivity contribution in [2.24, 2.45) is 5.92 Å². The summed E-state index contributed by atoms with van der Waals surface area (Å²) in [5.74, 6) is -0.392. The van der Waals surface area contributed by atoms with Crippen LogP contribution in [-0.4, -0.2) is 34.9 Å². The molecule has 2 aromatic rings. The first-order valence-electron chi connectivity index (χ1n) is 9.07. The highest BCUT2D eigenvalue weighted by molar-refractivity contribution is 6.31. The molecule has 1 aliphatic rings. The maximum atomic E-state index is 12.6. The molecule has 2 heterocycles. The van der Waals surface area contributed by atoms with Crippen molar-refractivity contribution in [3.63, 3.8) is 0 Å². The summed E-state index contributed by atoms with van der Waals surface area (Å²) in [5.41, 5.74) is -0.115. The molecular weight excluding hydrogens is 425 g/mol. The summed E-state index contributed by atoms with van der Waals surface area (Å²) in [4.78, 5) is 32.0. The van der Waals surface area contributed by atoms with Crippen molar-refractivity contribution in [3.05, 3.63) is 46.2 Å². The fraction of sp³-hybridized carbons (Fsp3) is 0.368. The van der Waals surface area contributed by atoms with Gasteiger partial charge in [0.15, 0.2) is 0 Å². The van der Waals surface area contributed by atoms with Crippen molar-refractivity contribution in [2.45, 2.75) is 25.9 Å². The van der Waals surface area contributed by atoms with Gasteiger partial charge in [0.2, 0.25) is 11.8 Å². The Morgan fingerprint density at radius 2 is 2.00 bits per heavy atom. The first-order valence-corrected chi connectivity index (χ1v) is 9.44. The largest absolute Gasteiger partial charge is 0.475 e. The summed E-state index contributed by atoms with van der Waals surface area (Å²) in [6.07, 6.45) is -2.23. The first kappa shape index (κ1) is 21.8. The van der Waals surface area contributed by atoms with Crippen LogP contribution in [0, 0.1) is 12.8 Å². The summed E-state index contributed by atoms with van der Waals surface area (Å²) in [7, 11) is 0. The van der Waals surface area contributed by atoms with Gasteiger partial charge in [-0.15, -0.1) is 0 Å².